The van der Waals surface area contributed by atoms with Gasteiger partial charge in [-0.1, -0.05) is 0 Å². The van der Waals surface area contributed by atoms with Crippen molar-refractivity contribution in [3.8, 4) is 6.07 Å². The molecule has 0 amide bonds. The summed E-state index contributed by atoms with van der Waals surface area (Å²) in [5.41, 5.74) is 0.612. The molecule has 0 aliphatic carbocycles. The van der Waals surface area contributed by atoms with E-state index in [0.29, 0.717) is 5.56 Å². The molecule has 0 fully saturated rings. The Labute approximate surface area is 95.9 Å². The molecule has 0 saturated carbocycles. The number of hydrogen-bond acceptors (Lipinski definition) is 2. The fourth-order valence-corrected chi connectivity index (χ4v) is 1.27. The molecule has 0 bridgehead atoms. The van der Waals surface area contributed by atoms with Crippen LogP contribution in [0.5, 0.6) is 0 Å². The average Bonchev–Trinajstić information content (AvgIpc) is 2.23. The lowest BCUT2D eigenvalue weighted by Gasteiger charge is -2.08. The fraction of sp³-hybridized carbons (Fsp3) is 0.364. The Kier molecular flexibility index (Phi) is 4.46. The summed E-state index contributed by atoms with van der Waals surface area (Å²) < 4.78 is 48.4. The molecule has 2 nitrogen and oxygen atoms in total. The van der Waals surface area contributed by atoms with Crippen LogP contribution in [0, 0.1) is 17.1 Å². The molecule has 0 spiro atoms. The van der Waals surface area contributed by atoms with E-state index < -0.39 is 18.4 Å². The number of nitrogens with zero attached hydrogens (tertiary/aromatic N) is 1. The Morgan fingerprint density at radius 3 is 2.59 bits per heavy atom. The number of rotatable bonds is 4. The molecule has 1 aromatic carbocycles. The van der Waals surface area contributed by atoms with E-state index in [2.05, 4.69) is 5.32 Å². The third kappa shape index (κ3) is 4.83. The van der Waals surface area contributed by atoms with Crippen molar-refractivity contribution in [3.05, 3.63) is 35.1 Å². The quantitative estimate of drug-likeness (QED) is 0.655. The molecule has 0 radical (unpaired) electrons. The van der Waals surface area contributed by atoms with Gasteiger partial charge in [0.25, 0.3) is 0 Å². The maximum atomic E-state index is 12.9. The molecule has 1 rings (SSSR count). The number of halogens is 4. The largest absolute Gasteiger partial charge is 0.390 e. The van der Waals surface area contributed by atoms with E-state index in [1.54, 1.807) is 0 Å². The zero-order valence-electron chi connectivity index (χ0n) is 8.81. The van der Waals surface area contributed by atoms with E-state index in [9.17, 15) is 17.6 Å². The summed E-state index contributed by atoms with van der Waals surface area (Å²) in [4.78, 5) is 0. The highest BCUT2D eigenvalue weighted by Gasteiger charge is 2.25. The molecule has 0 saturated heterocycles. The summed E-state index contributed by atoms with van der Waals surface area (Å²) >= 11 is 0. The van der Waals surface area contributed by atoms with Crippen molar-refractivity contribution >= 4 is 0 Å². The lowest BCUT2D eigenvalue weighted by molar-refractivity contribution is -0.133. The van der Waals surface area contributed by atoms with Crippen molar-refractivity contribution in [3.63, 3.8) is 0 Å². The minimum Gasteiger partial charge on any atom is -0.312 e. The molecule has 1 N–H and O–H groups in total. The molecule has 0 aliphatic rings. The van der Waals surface area contributed by atoms with Crippen LogP contribution in [0.3, 0.4) is 0 Å². The third-order valence-electron chi connectivity index (χ3n) is 2.09. The number of alkyl halides is 3. The van der Waals surface area contributed by atoms with Crippen LogP contribution in [-0.2, 0) is 6.54 Å². The van der Waals surface area contributed by atoms with Crippen LogP contribution in [-0.4, -0.2) is 12.7 Å². The first-order chi connectivity index (χ1) is 7.92. The van der Waals surface area contributed by atoms with Gasteiger partial charge in [-0.2, -0.15) is 18.4 Å². The molecule has 0 unspecified atom stereocenters. The van der Waals surface area contributed by atoms with E-state index in [0.717, 1.165) is 12.1 Å². The molecule has 0 heterocycles. The predicted octanol–water partition coefficient (Wildman–Crippen LogP) is 2.74. The van der Waals surface area contributed by atoms with Crippen molar-refractivity contribution in [2.75, 3.05) is 6.54 Å². The fourth-order valence-electron chi connectivity index (χ4n) is 1.27. The average molecular weight is 246 g/mol. The van der Waals surface area contributed by atoms with Crippen molar-refractivity contribution in [1.82, 2.24) is 5.32 Å². The molecule has 17 heavy (non-hydrogen) atoms. The van der Waals surface area contributed by atoms with Crippen molar-refractivity contribution in [1.29, 1.82) is 5.26 Å². The highest BCUT2D eigenvalue weighted by molar-refractivity contribution is 5.37. The van der Waals surface area contributed by atoms with Crippen LogP contribution in [0.1, 0.15) is 17.5 Å². The zero-order valence-corrected chi connectivity index (χ0v) is 8.81. The van der Waals surface area contributed by atoms with Gasteiger partial charge in [0.15, 0.2) is 0 Å². The van der Waals surface area contributed by atoms with Crippen LogP contribution in [0.4, 0.5) is 17.6 Å². The van der Waals surface area contributed by atoms with Gasteiger partial charge in [0, 0.05) is 13.1 Å². The van der Waals surface area contributed by atoms with Gasteiger partial charge < -0.3 is 5.32 Å². The molecule has 1 aromatic rings. The van der Waals surface area contributed by atoms with E-state index in [-0.39, 0.29) is 18.7 Å². The predicted molar refractivity (Wildman–Crippen MR) is 53.5 cm³/mol. The van der Waals surface area contributed by atoms with Crippen LogP contribution in [0.25, 0.3) is 0 Å². The Bertz CT molecular complexity index is 420. The maximum absolute atomic E-state index is 12.9. The molecule has 0 aromatic heterocycles. The summed E-state index contributed by atoms with van der Waals surface area (Å²) in [5.74, 6) is -0.517. The number of hydrogen-bond donors (Lipinski definition) is 1. The second kappa shape index (κ2) is 5.64. The van der Waals surface area contributed by atoms with Gasteiger partial charge in [0.2, 0.25) is 0 Å². The Hall–Kier alpha value is -1.61. The highest BCUT2D eigenvalue weighted by Crippen LogP contribution is 2.18. The van der Waals surface area contributed by atoms with E-state index >= 15 is 0 Å². The summed E-state index contributed by atoms with van der Waals surface area (Å²) in [7, 11) is 0. The van der Waals surface area contributed by atoms with E-state index in [1.165, 1.54) is 6.07 Å². The van der Waals surface area contributed by atoms with E-state index in [1.807, 2.05) is 6.07 Å². The standard InChI is InChI=1S/C11H10F4N2/c12-10-2-1-8(6-16)9(5-10)7-17-4-3-11(13,14)15/h1-2,5,17H,3-4,7H2. The summed E-state index contributed by atoms with van der Waals surface area (Å²) in [6, 6.07) is 5.43. The van der Waals surface area contributed by atoms with Gasteiger partial charge in [-0.25, -0.2) is 4.39 Å². The summed E-state index contributed by atoms with van der Waals surface area (Å²) in [6.45, 7) is -0.221. The van der Waals surface area contributed by atoms with Crippen LogP contribution in [0.2, 0.25) is 0 Å². The SMILES string of the molecule is N#Cc1ccc(F)cc1CNCCC(F)(F)F. The van der Waals surface area contributed by atoms with Crippen molar-refractivity contribution in [2.24, 2.45) is 0 Å². The molecule has 92 valence electrons. The van der Waals surface area contributed by atoms with Gasteiger partial charge in [0.1, 0.15) is 5.82 Å². The second-order valence-electron chi connectivity index (χ2n) is 3.46. The number of nitrogens with one attached hydrogen (secondary N) is 1. The minimum absolute atomic E-state index is 0.0384. The molecular weight excluding hydrogens is 236 g/mol. The first kappa shape index (κ1) is 13.5. The molecule has 6 heteroatoms. The van der Waals surface area contributed by atoms with Crippen LogP contribution in [0.15, 0.2) is 18.2 Å². The smallest absolute Gasteiger partial charge is 0.312 e. The molecular formula is C11H10F4N2. The van der Waals surface area contributed by atoms with Crippen LogP contribution < -0.4 is 5.32 Å². The first-order valence-electron chi connectivity index (χ1n) is 4.88. The lowest BCUT2D eigenvalue weighted by Crippen LogP contribution is -2.21. The van der Waals surface area contributed by atoms with Crippen LogP contribution >= 0.6 is 0 Å². The summed E-state index contributed by atoms with van der Waals surface area (Å²) in [6.07, 6.45) is -5.17. The summed E-state index contributed by atoms with van der Waals surface area (Å²) in [5, 5.41) is 11.2. The zero-order chi connectivity index (χ0) is 12.9. The topological polar surface area (TPSA) is 35.8 Å². The first-order valence-corrected chi connectivity index (χ1v) is 4.88. The second-order valence-corrected chi connectivity index (χ2v) is 3.46. The van der Waals surface area contributed by atoms with E-state index in [4.69, 9.17) is 5.26 Å². The minimum atomic E-state index is -4.22. The third-order valence-corrected chi connectivity index (χ3v) is 2.09. The number of nitriles is 1. The Morgan fingerprint density at radius 1 is 1.29 bits per heavy atom. The normalized spacial score (nSPS) is 11.2. The van der Waals surface area contributed by atoms with Gasteiger partial charge >= 0.3 is 6.18 Å². The lowest BCUT2D eigenvalue weighted by atomic mass is 10.1. The molecule has 0 atom stereocenters. The highest BCUT2D eigenvalue weighted by atomic mass is 19.4. The van der Waals surface area contributed by atoms with Gasteiger partial charge in [0.05, 0.1) is 18.1 Å². The van der Waals surface area contributed by atoms with Crippen molar-refractivity contribution < 1.29 is 17.6 Å². The monoisotopic (exact) mass is 246 g/mol. The van der Waals surface area contributed by atoms with Gasteiger partial charge in [-0.05, 0) is 23.8 Å². The van der Waals surface area contributed by atoms with Crippen molar-refractivity contribution in [2.45, 2.75) is 19.1 Å². The maximum Gasteiger partial charge on any atom is 0.390 e. The number of benzene rings is 1. The Balaban J connectivity index is 2.52. The van der Waals surface area contributed by atoms with Gasteiger partial charge in [-0.3, -0.25) is 0 Å². The Morgan fingerprint density at radius 2 is 2.00 bits per heavy atom. The molecule has 0 aliphatic heterocycles. The van der Waals surface area contributed by atoms with Gasteiger partial charge in [-0.15, -0.1) is 0 Å².